The molecule has 5 nitrogen and oxygen atoms in total. The summed E-state index contributed by atoms with van der Waals surface area (Å²) in [4.78, 5) is 18.8. The van der Waals surface area contributed by atoms with E-state index in [9.17, 15) is 4.79 Å². The first-order valence-electron chi connectivity index (χ1n) is 3.96. The van der Waals surface area contributed by atoms with Crippen molar-refractivity contribution in [3.8, 4) is 0 Å². The minimum atomic E-state index is -0.130. The van der Waals surface area contributed by atoms with Crippen LogP contribution in [0.3, 0.4) is 0 Å². The van der Waals surface area contributed by atoms with Gasteiger partial charge in [-0.2, -0.15) is 9.50 Å². The number of rotatable bonds is 1. The molecule has 0 atom stereocenters. The van der Waals surface area contributed by atoms with Crippen molar-refractivity contribution >= 4 is 44.3 Å². The zero-order valence-corrected chi connectivity index (χ0v) is 11.0. The van der Waals surface area contributed by atoms with E-state index in [2.05, 4.69) is 31.0 Å². The lowest BCUT2D eigenvalue weighted by Gasteiger charge is -2.00. The van der Waals surface area contributed by atoms with Crippen LogP contribution in [0.15, 0.2) is 9.53 Å². The highest BCUT2D eigenvalue weighted by molar-refractivity contribution is 14.1. The average Bonchev–Trinajstić information content (AvgIpc) is 2.52. The smallest absolute Gasteiger partial charge is 0.289 e. The second kappa shape index (κ2) is 3.61. The lowest BCUT2D eigenvalue weighted by molar-refractivity contribution is 0.856. The fraction of sp³-hybridized carbons (Fsp3) is 0.286. The molecule has 0 bridgehead atoms. The molecule has 0 aliphatic carbocycles. The van der Waals surface area contributed by atoms with Crippen LogP contribution < -0.4 is 5.56 Å². The molecule has 1 N–H and O–H groups in total. The van der Waals surface area contributed by atoms with E-state index in [0.717, 1.165) is 12.1 Å². The number of aromatic amines is 1. The predicted octanol–water partition coefficient (Wildman–Crippen LogP) is 1.35. The van der Waals surface area contributed by atoms with E-state index in [0.29, 0.717) is 14.1 Å². The third-order valence-electron chi connectivity index (χ3n) is 1.84. The van der Waals surface area contributed by atoms with Crippen molar-refractivity contribution in [2.45, 2.75) is 13.3 Å². The van der Waals surface area contributed by atoms with Crippen molar-refractivity contribution in [1.82, 2.24) is 19.6 Å². The van der Waals surface area contributed by atoms with Gasteiger partial charge in [0.1, 0.15) is 0 Å². The first kappa shape index (κ1) is 10.1. The standard InChI is InChI=1S/C7H6BrIN4O/c1-2-3-4(9)5(14)13-7(10-3)11-6(8)12-13/h2H2,1H3,(H,10,11,12). The van der Waals surface area contributed by atoms with E-state index in [4.69, 9.17) is 0 Å². The summed E-state index contributed by atoms with van der Waals surface area (Å²) in [6.07, 6.45) is 0.772. The molecule has 0 spiro atoms. The van der Waals surface area contributed by atoms with Crippen LogP contribution >= 0.6 is 38.5 Å². The Morgan fingerprint density at radius 1 is 1.64 bits per heavy atom. The first-order valence-corrected chi connectivity index (χ1v) is 5.83. The summed E-state index contributed by atoms with van der Waals surface area (Å²) in [5.74, 6) is 0.471. The molecule has 2 heterocycles. The molecule has 0 fully saturated rings. The highest BCUT2D eigenvalue weighted by Crippen LogP contribution is 2.08. The van der Waals surface area contributed by atoms with Crippen LogP contribution in [-0.2, 0) is 6.42 Å². The quantitative estimate of drug-likeness (QED) is 0.773. The second-order valence-corrected chi connectivity index (χ2v) is 4.48. The highest BCUT2D eigenvalue weighted by Gasteiger charge is 2.10. The molecule has 0 amide bonds. The molecule has 0 saturated carbocycles. The maximum absolute atomic E-state index is 11.7. The number of hydrogen-bond donors (Lipinski definition) is 1. The lowest BCUT2D eigenvalue weighted by Crippen LogP contribution is -2.20. The normalized spacial score (nSPS) is 11.1. The van der Waals surface area contributed by atoms with Crippen molar-refractivity contribution in [3.05, 3.63) is 24.4 Å². The number of halogens is 2. The average molecular weight is 369 g/mol. The number of nitrogens with one attached hydrogen (secondary N) is 1. The Morgan fingerprint density at radius 2 is 2.36 bits per heavy atom. The molecule has 7 heteroatoms. The van der Waals surface area contributed by atoms with Gasteiger partial charge in [0.15, 0.2) is 0 Å². The van der Waals surface area contributed by atoms with E-state index < -0.39 is 0 Å². The van der Waals surface area contributed by atoms with Crippen molar-refractivity contribution < 1.29 is 0 Å². The Morgan fingerprint density at radius 3 is 3.00 bits per heavy atom. The molecular formula is C7H6BrIN4O. The Balaban J connectivity index is 2.91. The van der Waals surface area contributed by atoms with Crippen molar-refractivity contribution in [2.24, 2.45) is 0 Å². The number of hydrogen-bond acceptors (Lipinski definition) is 3. The zero-order chi connectivity index (χ0) is 10.3. The number of H-pyrrole nitrogens is 1. The topological polar surface area (TPSA) is 63.1 Å². The largest absolute Gasteiger partial charge is 0.326 e. The molecule has 14 heavy (non-hydrogen) atoms. The number of aromatic nitrogens is 4. The molecule has 0 aliphatic heterocycles. The van der Waals surface area contributed by atoms with E-state index in [1.807, 2.05) is 29.5 Å². The van der Waals surface area contributed by atoms with Crippen molar-refractivity contribution in [1.29, 1.82) is 0 Å². The fourth-order valence-corrected chi connectivity index (χ4v) is 2.24. The third kappa shape index (κ3) is 1.48. The van der Waals surface area contributed by atoms with Crippen LogP contribution in [0, 0.1) is 3.57 Å². The molecule has 2 rings (SSSR count). The zero-order valence-electron chi connectivity index (χ0n) is 7.21. The van der Waals surface area contributed by atoms with Crippen LogP contribution in [0.4, 0.5) is 0 Å². The summed E-state index contributed by atoms with van der Waals surface area (Å²) in [5.41, 5.74) is 0.761. The number of fused-ring (bicyclic) bond motifs is 1. The van der Waals surface area contributed by atoms with Gasteiger partial charge in [-0.3, -0.25) is 4.79 Å². The van der Waals surface area contributed by atoms with Crippen LogP contribution in [0.5, 0.6) is 0 Å². The monoisotopic (exact) mass is 368 g/mol. The molecule has 0 unspecified atom stereocenters. The van der Waals surface area contributed by atoms with E-state index in [1.54, 1.807) is 0 Å². The maximum atomic E-state index is 11.7. The maximum Gasteiger partial charge on any atom is 0.289 e. The van der Waals surface area contributed by atoms with Gasteiger partial charge in [0.25, 0.3) is 5.56 Å². The van der Waals surface area contributed by atoms with Crippen LogP contribution in [0.25, 0.3) is 5.78 Å². The van der Waals surface area contributed by atoms with Gasteiger partial charge in [-0.1, -0.05) is 6.92 Å². The first-order chi connectivity index (χ1) is 6.63. The number of nitrogens with zero attached hydrogens (tertiary/aromatic N) is 3. The molecule has 74 valence electrons. The van der Waals surface area contributed by atoms with Gasteiger partial charge in [-0.05, 0) is 44.9 Å². The van der Waals surface area contributed by atoms with Gasteiger partial charge in [-0.15, -0.1) is 5.10 Å². The molecule has 0 saturated heterocycles. The van der Waals surface area contributed by atoms with Gasteiger partial charge in [0.05, 0.1) is 3.57 Å². The van der Waals surface area contributed by atoms with E-state index in [-0.39, 0.29) is 5.56 Å². The summed E-state index contributed by atoms with van der Waals surface area (Å²) < 4.78 is 2.33. The minimum absolute atomic E-state index is 0.130. The van der Waals surface area contributed by atoms with Crippen LogP contribution in [-0.4, -0.2) is 19.6 Å². The minimum Gasteiger partial charge on any atom is -0.326 e. The van der Waals surface area contributed by atoms with Crippen LogP contribution in [0.1, 0.15) is 12.6 Å². The van der Waals surface area contributed by atoms with E-state index >= 15 is 0 Å². The Kier molecular flexibility index (Phi) is 2.60. The summed E-state index contributed by atoms with van der Waals surface area (Å²) in [6.45, 7) is 1.98. The molecular weight excluding hydrogens is 363 g/mol. The lowest BCUT2D eigenvalue weighted by atomic mass is 10.3. The summed E-state index contributed by atoms with van der Waals surface area (Å²) in [7, 11) is 0. The summed E-state index contributed by atoms with van der Waals surface area (Å²) >= 11 is 5.14. The summed E-state index contributed by atoms with van der Waals surface area (Å²) in [5, 5.41) is 3.92. The molecule has 0 aromatic carbocycles. The molecule has 0 radical (unpaired) electrons. The molecule has 2 aromatic heterocycles. The van der Waals surface area contributed by atoms with Gasteiger partial charge < -0.3 is 4.98 Å². The summed E-state index contributed by atoms with van der Waals surface area (Å²) in [6, 6.07) is 0. The van der Waals surface area contributed by atoms with Gasteiger partial charge in [0, 0.05) is 5.69 Å². The molecule has 0 aliphatic rings. The number of aryl methyl sites for hydroxylation is 1. The van der Waals surface area contributed by atoms with Crippen molar-refractivity contribution in [3.63, 3.8) is 0 Å². The Labute approximate surface area is 101 Å². The second-order valence-electron chi connectivity index (χ2n) is 2.69. The highest BCUT2D eigenvalue weighted by atomic mass is 127. The Hall–Kier alpha value is -0.440. The Bertz CT molecular complexity index is 546. The van der Waals surface area contributed by atoms with E-state index in [1.165, 1.54) is 4.52 Å². The third-order valence-corrected chi connectivity index (χ3v) is 3.29. The fourth-order valence-electron chi connectivity index (χ4n) is 1.16. The van der Waals surface area contributed by atoms with Crippen LogP contribution in [0.2, 0.25) is 0 Å². The van der Waals surface area contributed by atoms with Gasteiger partial charge in [0.2, 0.25) is 10.5 Å². The predicted molar refractivity (Wildman–Crippen MR) is 63.4 cm³/mol. The SMILES string of the molecule is CCc1[nH]c2nc(Br)nn2c(=O)c1I. The molecule has 2 aromatic rings. The van der Waals surface area contributed by atoms with Crippen molar-refractivity contribution in [2.75, 3.05) is 0 Å². The van der Waals surface area contributed by atoms with Gasteiger partial charge in [-0.25, -0.2) is 0 Å². The van der Waals surface area contributed by atoms with Gasteiger partial charge >= 0.3 is 0 Å².